The van der Waals surface area contributed by atoms with Gasteiger partial charge in [-0.25, -0.2) is 0 Å². The topological polar surface area (TPSA) is 64.1 Å². The van der Waals surface area contributed by atoms with Gasteiger partial charge in [0, 0.05) is 6.42 Å². The molecule has 0 fully saturated rings. The molecule has 0 spiro atoms. The Balaban J connectivity index is 1.61. The fourth-order valence-corrected chi connectivity index (χ4v) is 2.72. The van der Waals surface area contributed by atoms with Gasteiger partial charge in [0.2, 0.25) is 5.91 Å². The van der Waals surface area contributed by atoms with Crippen LogP contribution in [-0.4, -0.2) is 21.8 Å². The summed E-state index contributed by atoms with van der Waals surface area (Å²) < 4.78 is 13.5. The van der Waals surface area contributed by atoms with Gasteiger partial charge in [-0.05, 0) is 36.2 Å². The molecule has 3 aromatic rings. The number of fused-ring (bicyclic) bond motifs is 1. The van der Waals surface area contributed by atoms with Crippen LogP contribution in [0.2, 0.25) is 0 Å². The molecule has 0 atom stereocenters. The van der Waals surface area contributed by atoms with Crippen molar-refractivity contribution in [2.45, 2.75) is 12.8 Å². The largest absolute Gasteiger partial charge is 0.497 e. The van der Waals surface area contributed by atoms with Crippen LogP contribution in [0.5, 0.6) is 5.75 Å². The molecule has 0 saturated heterocycles. The van der Waals surface area contributed by atoms with Crippen molar-refractivity contribution in [3.63, 3.8) is 0 Å². The van der Waals surface area contributed by atoms with Gasteiger partial charge in [-0.1, -0.05) is 18.2 Å². The van der Waals surface area contributed by atoms with Gasteiger partial charge in [0.25, 0.3) is 0 Å². The van der Waals surface area contributed by atoms with E-state index < -0.39 is 0 Å². The molecule has 1 N–H and O–H groups in total. The summed E-state index contributed by atoms with van der Waals surface area (Å²) in [6, 6.07) is 13.3. The second-order valence-electron chi connectivity index (χ2n) is 4.83. The third-order valence-electron chi connectivity index (χ3n) is 3.36. The summed E-state index contributed by atoms with van der Waals surface area (Å²) in [4.78, 5) is 12.1. The minimum absolute atomic E-state index is 0.0312. The van der Waals surface area contributed by atoms with Gasteiger partial charge in [0.15, 0.2) is 0 Å². The molecule has 0 aliphatic rings. The summed E-state index contributed by atoms with van der Waals surface area (Å²) in [6.45, 7) is 0. The molecule has 2 aromatic carbocycles. The number of rotatable bonds is 5. The maximum atomic E-state index is 12.1. The van der Waals surface area contributed by atoms with Gasteiger partial charge < -0.3 is 10.1 Å². The molecular weight excluding hydrogens is 298 g/mol. The molecule has 22 heavy (non-hydrogen) atoms. The molecule has 6 heteroatoms. The smallest absolute Gasteiger partial charge is 0.224 e. The van der Waals surface area contributed by atoms with Gasteiger partial charge >= 0.3 is 0 Å². The summed E-state index contributed by atoms with van der Waals surface area (Å²) >= 11 is 1.14. The third-order valence-corrected chi connectivity index (χ3v) is 3.90. The van der Waals surface area contributed by atoms with Crippen LogP contribution in [0.3, 0.4) is 0 Å². The van der Waals surface area contributed by atoms with Crippen molar-refractivity contribution in [1.82, 2.24) is 8.75 Å². The highest BCUT2D eigenvalue weighted by Gasteiger charge is 2.08. The first kappa shape index (κ1) is 14.5. The fourth-order valence-electron chi connectivity index (χ4n) is 2.17. The molecule has 0 aliphatic heterocycles. The maximum Gasteiger partial charge on any atom is 0.224 e. The predicted molar refractivity (Wildman–Crippen MR) is 87.4 cm³/mol. The average molecular weight is 313 g/mol. The summed E-state index contributed by atoms with van der Waals surface area (Å²) in [7, 11) is 1.64. The van der Waals surface area contributed by atoms with E-state index in [1.165, 1.54) is 0 Å². The lowest BCUT2D eigenvalue weighted by Gasteiger charge is -2.06. The van der Waals surface area contributed by atoms with E-state index in [1.54, 1.807) is 7.11 Å². The number of nitrogens with one attached hydrogen (secondary N) is 1. The summed E-state index contributed by atoms with van der Waals surface area (Å²) in [5, 5.41) is 2.90. The van der Waals surface area contributed by atoms with Crippen LogP contribution in [0.15, 0.2) is 42.5 Å². The monoisotopic (exact) mass is 313 g/mol. The van der Waals surface area contributed by atoms with Crippen molar-refractivity contribution >= 4 is 34.4 Å². The first-order valence-electron chi connectivity index (χ1n) is 6.90. The molecule has 5 nitrogen and oxygen atoms in total. The number of hydrogen-bond donors (Lipinski definition) is 1. The lowest BCUT2D eigenvalue weighted by molar-refractivity contribution is -0.116. The van der Waals surface area contributed by atoms with Gasteiger partial charge in [-0.2, -0.15) is 8.75 Å². The number of hydrogen-bond acceptors (Lipinski definition) is 5. The Labute approximate surface area is 132 Å². The second-order valence-corrected chi connectivity index (χ2v) is 5.36. The van der Waals surface area contributed by atoms with Crippen molar-refractivity contribution in [2.75, 3.05) is 12.4 Å². The Morgan fingerprint density at radius 3 is 2.77 bits per heavy atom. The zero-order valence-corrected chi connectivity index (χ0v) is 12.9. The molecular formula is C16H15N3O2S. The highest BCUT2D eigenvalue weighted by atomic mass is 32.1. The highest BCUT2D eigenvalue weighted by Crippen LogP contribution is 2.21. The maximum absolute atomic E-state index is 12.1. The van der Waals surface area contributed by atoms with E-state index in [1.807, 2.05) is 42.5 Å². The van der Waals surface area contributed by atoms with Gasteiger partial charge in [0.05, 0.1) is 24.5 Å². The molecule has 0 unspecified atom stereocenters. The van der Waals surface area contributed by atoms with Crippen LogP contribution in [-0.2, 0) is 11.2 Å². The number of ether oxygens (including phenoxy) is 1. The van der Waals surface area contributed by atoms with Gasteiger partial charge in [-0.3, -0.25) is 4.79 Å². The predicted octanol–water partition coefficient (Wildman–Crippen LogP) is 3.27. The number of carbonyl (C=O) groups is 1. The van der Waals surface area contributed by atoms with Gasteiger partial charge in [0.1, 0.15) is 16.8 Å². The fraction of sp³-hybridized carbons (Fsp3) is 0.188. The molecule has 3 rings (SSSR count). The Hall–Kier alpha value is -2.47. The Morgan fingerprint density at radius 1 is 1.18 bits per heavy atom. The molecule has 1 heterocycles. The normalized spacial score (nSPS) is 10.6. The number of carbonyl (C=O) groups excluding carboxylic acids is 1. The minimum atomic E-state index is -0.0312. The molecule has 0 bridgehead atoms. The zero-order valence-electron chi connectivity index (χ0n) is 12.1. The van der Waals surface area contributed by atoms with E-state index in [0.29, 0.717) is 18.5 Å². The molecule has 1 amide bonds. The van der Waals surface area contributed by atoms with Crippen LogP contribution < -0.4 is 10.1 Å². The van der Waals surface area contributed by atoms with Crippen LogP contribution in [0.1, 0.15) is 12.0 Å². The van der Waals surface area contributed by atoms with E-state index in [9.17, 15) is 4.79 Å². The Morgan fingerprint density at radius 2 is 2.00 bits per heavy atom. The van der Waals surface area contributed by atoms with Crippen LogP contribution in [0.25, 0.3) is 11.0 Å². The molecule has 112 valence electrons. The number of methoxy groups -OCH3 is 1. The average Bonchev–Trinajstić information content (AvgIpc) is 3.03. The number of anilines is 1. The minimum Gasteiger partial charge on any atom is -0.497 e. The van der Waals surface area contributed by atoms with Crippen LogP contribution >= 0.6 is 11.7 Å². The van der Waals surface area contributed by atoms with E-state index >= 15 is 0 Å². The molecule has 0 radical (unpaired) electrons. The standard InChI is InChI=1S/C16H15N3O2S/c1-21-12-8-5-11(6-9-12)7-10-15(20)17-13-3-2-4-14-16(13)19-22-18-14/h2-6,8-9H,7,10H2,1H3,(H,17,20). The quantitative estimate of drug-likeness (QED) is 0.785. The van der Waals surface area contributed by atoms with Crippen LogP contribution in [0, 0.1) is 0 Å². The number of benzene rings is 2. The highest BCUT2D eigenvalue weighted by molar-refractivity contribution is 7.00. The third kappa shape index (κ3) is 3.23. The lowest BCUT2D eigenvalue weighted by Crippen LogP contribution is -2.12. The van der Waals surface area contributed by atoms with Crippen molar-refractivity contribution in [2.24, 2.45) is 0 Å². The second kappa shape index (κ2) is 6.53. The lowest BCUT2D eigenvalue weighted by atomic mass is 10.1. The molecule has 1 aromatic heterocycles. The summed E-state index contributed by atoms with van der Waals surface area (Å²) in [5.41, 5.74) is 3.36. The van der Waals surface area contributed by atoms with E-state index in [0.717, 1.165) is 34.1 Å². The summed E-state index contributed by atoms with van der Waals surface area (Å²) in [5.74, 6) is 0.784. The van der Waals surface area contributed by atoms with E-state index in [2.05, 4.69) is 14.1 Å². The van der Waals surface area contributed by atoms with Crippen molar-refractivity contribution < 1.29 is 9.53 Å². The first-order valence-corrected chi connectivity index (χ1v) is 7.63. The van der Waals surface area contributed by atoms with Gasteiger partial charge in [-0.15, -0.1) is 0 Å². The number of aromatic nitrogens is 2. The number of nitrogens with zero attached hydrogens (tertiary/aromatic N) is 2. The van der Waals surface area contributed by atoms with Crippen molar-refractivity contribution in [3.05, 3.63) is 48.0 Å². The number of aryl methyl sites for hydroxylation is 1. The molecule has 0 saturated carbocycles. The Kier molecular flexibility index (Phi) is 4.29. The zero-order chi connectivity index (χ0) is 15.4. The number of amides is 1. The summed E-state index contributed by atoms with van der Waals surface area (Å²) in [6.07, 6.45) is 1.10. The van der Waals surface area contributed by atoms with Crippen molar-refractivity contribution in [3.8, 4) is 5.75 Å². The van der Waals surface area contributed by atoms with Crippen molar-refractivity contribution in [1.29, 1.82) is 0 Å². The van der Waals surface area contributed by atoms with E-state index in [4.69, 9.17) is 4.74 Å². The first-order chi connectivity index (χ1) is 10.8. The SMILES string of the molecule is COc1ccc(CCC(=O)Nc2cccc3nsnc23)cc1. The van der Waals surface area contributed by atoms with E-state index in [-0.39, 0.29) is 5.91 Å². The Bertz CT molecular complexity index is 783. The molecule has 0 aliphatic carbocycles. The van der Waals surface area contributed by atoms with Crippen LogP contribution in [0.4, 0.5) is 5.69 Å².